The molecule has 16 heavy (non-hydrogen) atoms. The summed E-state index contributed by atoms with van der Waals surface area (Å²) in [6, 6.07) is 6.07. The Bertz CT molecular complexity index is 524. The molecule has 7 heteroatoms. The predicted molar refractivity (Wildman–Crippen MR) is 60.4 cm³/mol. The van der Waals surface area contributed by atoms with Crippen LogP contribution in [0, 0.1) is 5.82 Å². The zero-order valence-electron chi connectivity index (χ0n) is 7.69. The summed E-state index contributed by atoms with van der Waals surface area (Å²) >= 11 is 12.5. The standard InChI is InChI=1S/C9H4Cl2FN3S/c10-7-8(13-9(11)15-14-7)16-6-3-1-2-5(12)4-6/h1-4H. The lowest BCUT2D eigenvalue weighted by molar-refractivity contribution is 0.624. The molecule has 2 rings (SSSR count). The van der Waals surface area contributed by atoms with Crippen molar-refractivity contribution in [1.82, 2.24) is 15.2 Å². The van der Waals surface area contributed by atoms with Crippen LogP contribution < -0.4 is 0 Å². The summed E-state index contributed by atoms with van der Waals surface area (Å²) in [6.07, 6.45) is 0. The molecule has 1 aromatic heterocycles. The molecule has 0 spiro atoms. The average Bonchev–Trinajstić information content (AvgIpc) is 2.24. The second-order valence-corrected chi connectivity index (χ2v) is 4.49. The van der Waals surface area contributed by atoms with Crippen molar-refractivity contribution in [2.75, 3.05) is 0 Å². The first kappa shape index (κ1) is 11.6. The van der Waals surface area contributed by atoms with Gasteiger partial charge in [0.2, 0.25) is 5.28 Å². The molecular formula is C9H4Cl2FN3S. The molecule has 0 atom stereocenters. The molecular weight excluding hydrogens is 272 g/mol. The van der Waals surface area contributed by atoms with Crippen molar-refractivity contribution in [2.24, 2.45) is 0 Å². The molecule has 0 saturated carbocycles. The quantitative estimate of drug-likeness (QED) is 0.841. The third-order valence-electron chi connectivity index (χ3n) is 1.60. The van der Waals surface area contributed by atoms with E-state index >= 15 is 0 Å². The summed E-state index contributed by atoms with van der Waals surface area (Å²) in [7, 11) is 0. The highest BCUT2D eigenvalue weighted by Crippen LogP contribution is 2.30. The smallest absolute Gasteiger partial charge is 0.207 e. The minimum atomic E-state index is -0.325. The number of hydrogen-bond donors (Lipinski definition) is 0. The lowest BCUT2D eigenvalue weighted by Gasteiger charge is -2.01. The fourth-order valence-corrected chi connectivity index (χ4v) is 2.15. The van der Waals surface area contributed by atoms with E-state index in [2.05, 4.69) is 15.2 Å². The van der Waals surface area contributed by atoms with Gasteiger partial charge in [0, 0.05) is 4.90 Å². The molecule has 3 nitrogen and oxygen atoms in total. The highest BCUT2D eigenvalue weighted by molar-refractivity contribution is 7.99. The van der Waals surface area contributed by atoms with Crippen molar-refractivity contribution < 1.29 is 4.39 Å². The van der Waals surface area contributed by atoms with Gasteiger partial charge in [0.1, 0.15) is 10.8 Å². The molecule has 0 unspecified atom stereocenters. The molecule has 0 amide bonds. The van der Waals surface area contributed by atoms with Crippen molar-refractivity contribution in [3.05, 3.63) is 40.5 Å². The van der Waals surface area contributed by atoms with E-state index in [1.54, 1.807) is 12.1 Å². The topological polar surface area (TPSA) is 38.7 Å². The van der Waals surface area contributed by atoms with E-state index in [1.807, 2.05) is 0 Å². The molecule has 1 heterocycles. The van der Waals surface area contributed by atoms with E-state index in [-0.39, 0.29) is 16.3 Å². The average molecular weight is 276 g/mol. The lowest BCUT2D eigenvalue weighted by Crippen LogP contribution is -1.91. The molecule has 0 saturated heterocycles. The normalized spacial score (nSPS) is 10.4. The van der Waals surface area contributed by atoms with Crippen molar-refractivity contribution in [1.29, 1.82) is 0 Å². The summed E-state index contributed by atoms with van der Waals surface area (Å²) in [5.74, 6) is -0.325. The first-order chi connectivity index (χ1) is 7.65. The van der Waals surface area contributed by atoms with Crippen LogP contribution in [0.5, 0.6) is 0 Å². The van der Waals surface area contributed by atoms with E-state index < -0.39 is 0 Å². The summed E-state index contributed by atoms with van der Waals surface area (Å²) in [6.45, 7) is 0. The molecule has 0 N–H and O–H groups in total. The van der Waals surface area contributed by atoms with Gasteiger partial charge < -0.3 is 0 Å². The van der Waals surface area contributed by atoms with Gasteiger partial charge in [-0.15, -0.1) is 10.2 Å². The zero-order chi connectivity index (χ0) is 11.5. The number of rotatable bonds is 2. The first-order valence-corrected chi connectivity index (χ1v) is 5.71. The summed E-state index contributed by atoms with van der Waals surface area (Å²) in [4.78, 5) is 4.56. The van der Waals surface area contributed by atoms with Gasteiger partial charge in [-0.3, -0.25) is 0 Å². The van der Waals surface area contributed by atoms with E-state index in [4.69, 9.17) is 23.2 Å². The number of benzene rings is 1. The molecule has 0 aliphatic heterocycles. The monoisotopic (exact) mass is 275 g/mol. The fraction of sp³-hybridized carbons (Fsp3) is 0. The maximum absolute atomic E-state index is 12.9. The summed E-state index contributed by atoms with van der Waals surface area (Å²) < 4.78 is 12.9. The van der Waals surface area contributed by atoms with Crippen LogP contribution in [0.4, 0.5) is 4.39 Å². The Labute approximate surface area is 105 Å². The minimum Gasteiger partial charge on any atom is -0.207 e. The van der Waals surface area contributed by atoms with Gasteiger partial charge in [-0.05, 0) is 29.8 Å². The first-order valence-electron chi connectivity index (χ1n) is 4.14. The zero-order valence-corrected chi connectivity index (χ0v) is 10.0. The summed E-state index contributed by atoms with van der Waals surface area (Å²) in [5.41, 5.74) is 0. The largest absolute Gasteiger partial charge is 0.244 e. The maximum Gasteiger partial charge on any atom is 0.244 e. The van der Waals surface area contributed by atoms with Crippen molar-refractivity contribution in [3.8, 4) is 0 Å². The third-order valence-corrected chi connectivity index (χ3v) is 3.10. The van der Waals surface area contributed by atoms with E-state index in [9.17, 15) is 4.39 Å². The van der Waals surface area contributed by atoms with Gasteiger partial charge in [-0.25, -0.2) is 9.37 Å². The number of hydrogen-bond acceptors (Lipinski definition) is 4. The SMILES string of the molecule is Fc1cccc(Sc2nc(Cl)nnc2Cl)c1. The van der Waals surface area contributed by atoms with Crippen molar-refractivity contribution in [2.45, 2.75) is 9.92 Å². The van der Waals surface area contributed by atoms with E-state index in [1.165, 1.54) is 23.9 Å². The molecule has 1 aromatic carbocycles. The van der Waals surface area contributed by atoms with Crippen molar-refractivity contribution in [3.63, 3.8) is 0 Å². The van der Waals surface area contributed by atoms with Crippen LogP contribution in [-0.2, 0) is 0 Å². The van der Waals surface area contributed by atoms with E-state index in [0.717, 1.165) is 0 Å². The van der Waals surface area contributed by atoms with E-state index in [0.29, 0.717) is 9.92 Å². The second kappa shape index (κ2) is 4.95. The molecule has 0 aliphatic carbocycles. The van der Waals surface area contributed by atoms with Gasteiger partial charge >= 0.3 is 0 Å². The Balaban J connectivity index is 2.30. The van der Waals surface area contributed by atoms with Crippen LogP contribution in [0.1, 0.15) is 0 Å². The van der Waals surface area contributed by atoms with Crippen LogP contribution >= 0.6 is 35.0 Å². The minimum absolute atomic E-state index is 0.00306. The van der Waals surface area contributed by atoms with Crippen LogP contribution in [-0.4, -0.2) is 15.2 Å². The van der Waals surface area contributed by atoms with Crippen LogP contribution in [0.3, 0.4) is 0 Å². The lowest BCUT2D eigenvalue weighted by atomic mass is 10.4. The summed E-state index contributed by atoms with van der Waals surface area (Å²) in [5, 5.41) is 7.62. The van der Waals surface area contributed by atoms with Crippen LogP contribution in [0.2, 0.25) is 10.4 Å². The van der Waals surface area contributed by atoms with Gasteiger partial charge in [0.05, 0.1) is 0 Å². The maximum atomic E-state index is 12.9. The molecule has 0 aliphatic rings. The highest BCUT2D eigenvalue weighted by Gasteiger charge is 2.08. The number of halogens is 3. The number of nitrogens with zero attached hydrogens (tertiary/aromatic N) is 3. The Kier molecular flexibility index (Phi) is 3.58. The van der Waals surface area contributed by atoms with Gasteiger partial charge in [-0.1, -0.05) is 29.4 Å². The second-order valence-electron chi connectivity index (χ2n) is 2.74. The molecule has 0 radical (unpaired) electrons. The molecule has 2 aromatic rings. The van der Waals surface area contributed by atoms with Gasteiger partial charge in [0.25, 0.3) is 0 Å². The Hall–Kier alpha value is -0.910. The van der Waals surface area contributed by atoms with Crippen molar-refractivity contribution >= 4 is 35.0 Å². The predicted octanol–water partition coefficient (Wildman–Crippen LogP) is 3.47. The van der Waals surface area contributed by atoms with Crippen LogP contribution in [0.15, 0.2) is 34.2 Å². The Morgan fingerprint density at radius 1 is 1.19 bits per heavy atom. The Morgan fingerprint density at radius 3 is 2.75 bits per heavy atom. The highest BCUT2D eigenvalue weighted by atomic mass is 35.5. The van der Waals surface area contributed by atoms with Crippen LogP contribution in [0.25, 0.3) is 0 Å². The molecule has 0 bridgehead atoms. The van der Waals surface area contributed by atoms with Gasteiger partial charge in [-0.2, -0.15) is 0 Å². The molecule has 0 fully saturated rings. The third kappa shape index (κ3) is 2.81. The van der Waals surface area contributed by atoms with Gasteiger partial charge in [0.15, 0.2) is 5.15 Å². The molecule has 82 valence electrons. The Morgan fingerprint density at radius 2 is 2.00 bits per heavy atom. The number of aromatic nitrogens is 3. The fourth-order valence-electron chi connectivity index (χ4n) is 0.987.